The van der Waals surface area contributed by atoms with Crippen molar-refractivity contribution >= 4 is 38.9 Å². The molecule has 224 valence electrons. The minimum atomic E-state index is -3.64. The number of sulfonamides is 1. The van der Waals surface area contributed by atoms with Crippen molar-refractivity contribution in [1.82, 2.24) is 19.6 Å². The van der Waals surface area contributed by atoms with Crippen LogP contribution in [0.3, 0.4) is 0 Å². The molecular formula is C32H36FN7O2S. The molecule has 0 spiro atoms. The van der Waals surface area contributed by atoms with E-state index >= 15 is 0 Å². The van der Waals surface area contributed by atoms with Crippen LogP contribution < -0.4 is 21.3 Å². The lowest BCUT2D eigenvalue weighted by Gasteiger charge is -2.34. The minimum Gasteiger partial charge on any atom is -0.384 e. The highest BCUT2D eigenvalue weighted by Gasteiger charge is 2.31. The number of hydrogen-bond donors (Lipinski definition) is 4. The molecule has 0 unspecified atom stereocenters. The van der Waals surface area contributed by atoms with Crippen molar-refractivity contribution < 1.29 is 12.8 Å². The van der Waals surface area contributed by atoms with E-state index in [9.17, 15) is 12.8 Å². The summed E-state index contributed by atoms with van der Waals surface area (Å²) in [5.74, 6) is 0.570. The predicted octanol–water partition coefficient (Wildman–Crippen LogP) is 5.79. The van der Waals surface area contributed by atoms with E-state index in [-0.39, 0.29) is 16.8 Å². The molecule has 2 aliphatic rings. The Morgan fingerprint density at radius 2 is 1.65 bits per heavy atom. The smallest absolute Gasteiger partial charge is 0.243 e. The third-order valence-electron chi connectivity index (χ3n) is 8.28. The average Bonchev–Trinajstić information content (AvgIpc) is 3.51. The molecule has 0 atom stereocenters. The summed E-state index contributed by atoms with van der Waals surface area (Å²) < 4.78 is 41.7. The van der Waals surface area contributed by atoms with Crippen LogP contribution in [0.5, 0.6) is 0 Å². The van der Waals surface area contributed by atoms with Crippen LogP contribution in [-0.2, 0) is 23.0 Å². The predicted molar refractivity (Wildman–Crippen MR) is 168 cm³/mol. The highest BCUT2D eigenvalue weighted by atomic mass is 32.2. The van der Waals surface area contributed by atoms with Gasteiger partial charge in [-0.25, -0.2) is 17.8 Å². The lowest BCUT2D eigenvalue weighted by atomic mass is 9.91. The van der Waals surface area contributed by atoms with E-state index in [2.05, 4.69) is 49.4 Å². The van der Waals surface area contributed by atoms with Gasteiger partial charge in [0.2, 0.25) is 16.0 Å². The molecule has 4 N–H and O–H groups in total. The number of nitrogens with one attached hydrogen (secondary N) is 4. The molecule has 1 saturated carbocycles. The molecule has 0 bridgehead atoms. The summed E-state index contributed by atoms with van der Waals surface area (Å²) in [6.45, 7) is 1.82. The van der Waals surface area contributed by atoms with Crippen molar-refractivity contribution in [1.29, 1.82) is 0 Å². The first-order chi connectivity index (χ1) is 20.8. The number of aromatic nitrogens is 2. The highest BCUT2D eigenvalue weighted by Crippen LogP contribution is 2.30. The monoisotopic (exact) mass is 601 g/mol. The fraction of sp³-hybridized carbons (Fsp3) is 0.312. The van der Waals surface area contributed by atoms with Crippen molar-refractivity contribution in [3.8, 4) is 0 Å². The van der Waals surface area contributed by atoms with Crippen molar-refractivity contribution in [2.24, 2.45) is 0 Å². The van der Waals surface area contributed by atoms with Crippen molar-refractivity contribution in [2.75, 3.05) is 29.5 Å². The molecule has 1 aliphatic carbocycles. The van der Waals surface area contributed by atoms with Gasteiger partial charge in [-0.05, 0) is 97.8 Å². The van der Waals surface area contributed by atoms with Crippen LogP contribution in [0.15, 0.2) is 83.9 Å². The first-order valence-corrected chi connectivity index (χ1v) is 16.1. The van der Waals surface area contributed by atoms with Crippen LogP contribution in [0.4, 0.5) is 33.2 Å². The van der Waals surface area contributed by atoms with Crippen molar-refractivity contribution in [3.05, 3.63) is 95.9 Å². The van der Waals surface area contributed by atoms with Crippen molar-refractivity contribution in [3.63, 3.8) is 0 Å². The number of anilines is 5. The number of rotatable bonds is 10. The summed E-state index contributed by atoms with van der Waals surface area (Å²) in [5.41, 5.74) is 5.32. The Balaban J connectivity index is 1.02. The molecule has 4 aromatic rings. The van der Waals surface area contributed by atoms with Gasteiger partial charge in [0.15, 0.2) is 0 Å². The molecule has 11 heteroatoms. The summed E-state index contributed by atoms with van der Waals surface area (Å²) in [6.07, 6.45) is 6.18. The van der Waals surface area contributed by atoms with E-state index in [1.54, 1.807) is 55.7 Å². The quantitative estimate of drug-likeness (QED) is 0.181. The Bertz CT molecular complexity index is 1660. The lowest BCUT2D eigenvalue weighted by molar-refractivity contribution is 0.249. The maximum Gasteiger partial charge on any atom is 0.243 e. The topological polar surface area (TPSA) is 111 Å². The van der Waals surface area contributed by atoms with Crippen LogP contribution in [0.25, 0.3) is 0 Å². The molecule has 0 saturated heterocycles. The van der Waals surface area contributed by atoms with E-state index < -0.39 is 10.0 Å². The number of halogens is 1. The normalized spacial score (nSPS) is 18.2. The first kappa shape index (κ1) is 29.0. The standard InChI is InChI=1S/C32H36FN7O2S/c1-40(28-13-9-25(10-14-28)36-21-23-4-2-3-22-17-19-34-31(22)23)43(41,42)29-15-11-27(12-16-29)38-32-35-20-18-30(39-32)37-26-7-5-24(33)6-8-26/h2-8,11-12,15-16,18,20,25,28,34,36H,9-10,13-14,17,19,21H2,1H3,(H2,35,37,38,39). The highest BCUT2D eigenvalue weighted by molar-refractivity contribution is 7.89. The van der Waals surface area contributed by atoms with Gasteiger partial charge < -0.3 is 21.3 Å². The minimum absolute atomic E-state index is 0.0340. The molecule has 3 aromatic carbocycles. The van der Waals surface area contributed by atoms with E-state index in [0.29, 0.717) is 29.2 Å². The summed E-state index contributed by atoms with van der Waals surface area (Å²) in [4.78, 5) is 8.93. The second-order valence-electron chi connectivity index (χ2n) is 11.1. The first-order valence-electron chi connectivity index (χ1n) is 14.6. The van der Waals surface area contributed by atoms with Crippen LogP contribution in [-0.4, -0.2) is 48.4 Å². The summed E-state index contributed by atoms with van der Waals surface area (Å²) in [5, 5.41) is 13.4. The Morgan fingerprint density at radius 1 is 0.930 bits per heavy atom. The molecular weight excluding hydrogens is 565 g/mol. The maximum absolute atomic E-state index is 13.5. The van der Waals surface area contributed by atoms with Gasteiger partial charge in [-0.1, -0.05) is 18.2 Å². The van der Waals surface area contributed by atoms with Crippen LogP contribution >= 0.6 is 0 Å². The molecule has 43 heavy (non-hydrogen) atoms. The second-order valence-corrected chi connectivity index (χ2v) is 13.1. The van der Waals surface area contributed by atoms with Crippen LogP contribution in [0.2, 0.25) is 0 Å². The van der Waals surface area contributed by atoms with Crippen LogP contribution in [0.1, 0.15) is 36.8 Å². The average molecular weight is 602 g/mol. The van der Waals surface area contributed by atoms with E-state index in [0.717, 1.165) is 45.2 Å². The molecule has 1 aromatic heterocycles. The summed E-state index contributed by atoms with van der Waals surface area (Å²) >= 11 is 0. The number of benzene rings is 3. The molecule has 2 heterocycles. The van der Waals surface area contributed by atoms with E-state index in [1.807, 2.05) is 0 Å². The van der Waals surface area contributed by atoms with Gasteiger partial charge in [-0.3, -0.25) is 0 Å². The molecule has 1 fully saturated rings. The zero-order valence-electron chi connectivity index (χ0n) is 24.1. The second kappa shape index (κ2) is 12.7. The van der Waals surface area contributed by atoms with Gasteiger partial charge in [0.25, 0.3) is 0 Å². The number of hydrogen-bond acceptors (Lipinski definition) is 8. The summed E-state index contributed by atoms with van der Waals surface area (Å²) in [7, 11) is -1.96. The zero-order chi connectivity index (χ0) is 29.8. The molecule has 0 radical (unpaired) electrons. The Kier molecular flexibility index (Phi) is 8.55. The molecule has 9 nitrogen and oxygen atoms in total. The van der Waals surface area contributed by atoms with E-state index in [1.165, 1.54) is 33.3 Å². The maximum atomic E-state index is 13.5. The largest absolute Gasteiger partial charge is 0.384 e. The van der Waals surface area contributed by atoms with Gasteiger partial charge >= 0.3 is 0 Å². The lowest BCUT2D eigenvalue weighted by Crippen LogP contribution is -2.43. The van der Waals surface area contributed by atoms with Crippen LogP contribution in [0, 0.1) is 5.82 Å². The SMILES string of the molecule is CN(C1CCC(NCc2cccc3c2NCC3)CC1)S(=O)(=O)c1ccc(Nc2nccc(Nc3ccc(F)cc3)n2)cc1. The molecule has 0 amide bonds. The fourth-order valence-corrected chi connectivity index (χ4v) is 7.24. The third kappa shape index (κ3) is 6.79. The molecule has 1 aliphatic heterocycles. The van der Waals surface area contributed by atoms with Gasteiger partial charge in [-0.2, -0.15) is 9.29 Å². The Morgan fingerprint density at radius 3 is 2.42 bits per heavy atom. The van der Waals surface area contributed by atoms with Gasteiger partial charge in [0.1, 0.15) is 11.6 Å². The van der Waals surface area contributed by atoms with Crippen molar-refractivity contribution in [2.45, 2.75) is 55.6 Å². The summed E-state index contributed by atoms with van der Waals surface area (Å²) in [6, 6.07) is 21.1. The van der Waals surface area contributed by atoms with E-state index in [4.69, 9.17) is 0 Å². The Labute approximate surface area is 252 Å². The number of para-hydroxylation sites is 1. The van der Waals surface area contributed by atoms with Gasteiger partial charge in [-0.15, -0.1) is 0 Å². The number of nitrogens with zero attached hydrogens (tertiary/aromatic N) is 3. The third-order valence-corrected chi connectivity index (χ3v) is 10.2. The zero-order valence-corrected chi connectivity index (χ0v) is 24.9. The van der Waals surface area contributed by atoms with Gasteiger partial charge in [0, 0.05) is 55.5 Å². The fourth-order valence-electron chi connectivity index (χ4n) is 5.83. The van der Waals surface area contributed by atoms with Gasteiger partial charge in [0.05, 0.1) is 4.90 Å². The number of fused-ring (bicyclic) bond motifs is 1. The Hall–Kier alpha value is -4.06. The molecule has 6 rings (SSSR count).